The minimum atomic E-state index is -0.433. The maximum atomic E-state index is 11.0. The standard InChI is InChI=1S/C15H13N5O2/c16-7-3-4-12(8-17)10-19-11-13(9-18-19)14-5-1-2-6-15(14)20(21)22/h1-2,5-6,9,11-12H,3-4,10H2/t12-/m0/s1. The number of hydrogen-bond donors (Lipinski definition) is 0. The second-order valence-electron chi connectivity index (χ2n) is 4.75. The van der Waals surface area contributed by atoms with E-state index >= 15 is 0 Å². The van der Waals surface area contributed by atoms with Gasteiger partial charge in [-0.2, -0.15) is 15.6 Å². The molecule has 1 aromatic carbocycles. The van der Waals surface area contributed by atoms with Crippen molar-refractivity contribution in [2.75, 3.05) is 0 Å². The van der Waals surface area contributed by atoms with Gasteiger partial charge in [-0.1, -0.05) is 12.1 Å². The van der Waals surface area contributed by atoms with E-state index in [4.69, 9.17) is 10.5 Å². The zero-order valence-electron chi connectivity index (χ0n) is 11.7. The second kappa shape index (κ2) is 7.00. The maximum Gasteiger partial charge on any atom is 0.277 e. The smallest absolute Gasteiger partial charge is 0.271 e. The van der Waals surface area contributed by atoms with Crippen molar-refractivity contribution in [2.45, 2.75) is 19.4 Å². The summed E-state index contributed by atoms with van der Waals surface area (Å²) in [6.07, 6.45) is 4.02. The predicted octanol–water partition coefficient (Wildman–Crippen LogP) is 2.90. The molecule has 1 atom stereocenters. The summed E-state index contributed by atoms with van der Waals surface area (Å²) >= 11 is 0. The number of para-hydroxylation sites is 1. The van der Waals surface area contributed by atoms with E-state index in [9.17, 15) is 10.1 Å². The van der Waals surface area contributed by atoms with Gasteiger partial charge in [0.2, 0.25) is 0 Å². The summed E-state index contributed by atoms with van der Waals surface area (Å²) < 4.78 is 1.58. The van der Waals surface area contributed by atoms with Crippen LogP contribution in [-0.2, 0) is 6.54 Å². The van der Waals surface area contributed by atoms with Crippen LogP contribution in [0.3, 0.4) is 0 Å². The summed E-state index contributed by atoms with van der Waals surface area (Å²) in [5.41, 5.74) is 1.14. The quantitative estimate of drug-likeness (QED) is 0.601. The van der Waals surface area contributed by atoms with Crippen molar-refractivity contribution in [3.63, 3.8) is 0 Å². The van der Waals surface area contributed by atoms with Gasteiger partial charge in [-0.3, -0.25) is 14.8 Å². The Morgan fingerprint density at radius 1 is 1.36 bits per heavy atom. The average molecular weight is 295 g/mol. The molecule has 0 fully saturated rings. The van der Waals surface area contributed by atoms with E-state index < -0.39 is 4.92 Å². The van der Waals surface area contributed by atoms with Gasteiger partial charge in [-0.05, 0) is 12.5 Å². The number of nitro benzene ring substituents is 1. The van der Waals surface area contributed by atoms with Gasteiger partial charge in [0, 0.05) is 24.2 Å². The average Bonchev–Trinajstić information content (AvgIpc) is 2.99. The lowest BCUT2D eigenvalue weighted by Crippen LogP contribution is -2.09. The normalized spacial score (nSPS) is 11.4. The maximum absolute atomic E-state index is 11.0. The molecule has 0 saturated carbocycles. The Bertz CT molecular complexity index is 754. The lowest BCUT2D eigenvalue weighted by molar-refractivity contribution is -0.384. The highest BCUT2D eigenvalue weighted by molar-refractivity contribution is 5.72. The Kier molecular flexibility index (Phi) is 4.84. The van der Waals surface area contributed by atoms with E-state index in [1.54, 1.807) is 35.3 Å². The van der Waals surface area contributed by atoms with Crippen LogP contribution in [0.5, 0.6) is 0 Å². The number of nitrogens with zero attached hydrogens (tertiary/aromatic N) is 5. The Morgan fingerprint density at radius 3 is 2.82 bits per heavy atom. The molecule has 0 radical (unpaired) electrons. The Hall–Kier alpha value is -3.19. The lowest BCUT2D eigenvalue weighted by Gasteiger charge is -2.06. The van der Waals surface area contributed by atoms with Gasteiger partial charge < -0.3 is 0 Å². The molecular formula is C15H13N5O2. The molecule has 1 aromatic heterocycles. The molecule has 0 amide bonds. The van der Waals surface area contributed by atoms with E-state index in [1.165, 1.54) is 6.07 Å². The lowest BCUT2D eigenvalue weighted by atomic mass is 10.1. The molecule has 7 heteroatoms. The molecule has 0 aliphatic carbocycles. The van der Waals surface area contributed by atoms with Crippen LogP contribution in [0.2, 0.25) is 0 Å². The summed E-state index contributed by atoms with van der Waals surface area (Å²) in [5.74, 6) is -0.307. The second-order valence-corrected chi connectivity index (χ2v) is 4.75. The van der Waals surface area contributed by atoms with E-state index in [0.717, 1.165) is 0 Å². The minimum Gasteiger partial charge on any atom is -0.271 e. The van der Waals surface area contributed by atoms with Crippen LogP contribution in [0.1, 0.15) is 12.8 Å². The van der Waals surface area contributed by atoms with Crippen LogP contribution in [0.4, 0.5) is 5.69 Å². The van der Waals surface area contributed by atoms with Crippen molar-refractivity contribution in [1.29, 1.82) is 10.5 Å². The molecule has 0 spiro atoms. The first kappa shape index (κ1) is 15.2. The number of nitriles is 2. The zero-order chi connectivity index (χ0) is 15.9. The van der Waals surface area contributed by atoms with Crippen LogP contribution < -0.4 is 0 Å². The first-order valence-electron chi connectivity index (χ1n) is 6.68. The highest BCUT2D eigenvalue weighted by atomic mass is 16.6. The van der Waals surface area contributed by atoms with Crippen molar-refractivity contribution < 1.29 is 4.92 Å². The van der Waals surface area contributed by atoms with Crippen LogP contribution >= 0.6 is 0 Å². The summed E-state index contributed by atoms with van der Waals surface area (Å²) in [4.78, 5) is 10.6. The third-order valence-electron chi connectivity index (χ3n) is 3.24. The van der Waals surface area contributed by atoms with Crippen molar-refractivity contribution in [1.82, 2.24) is 9.78 Å². The molecule has 110 valence electrons. The Morgan fingerprint density at radius 2 is 2.14 bits per heavy atom. The Labute approximate surface area is 127 Å². The summed E-state index contributed by atoms with van der Waals surface area (Å²) in [5, 5.41) is 32.8. The van der Waals surface area contributed by atoms with Gasteiger partial charge in [-0.25, -0.2) is 0 Å². The van der Waals surface area contributed by atoms with E-state index in [2.05, 4.69) is 11.2 Å². The molecule has 0 saturated heterocycles. The van der Waals surface area contributed by atoms with Gasteiger partial charge in [0.15, 0.2) is 0 Å². The van der Waals surface area contributed by atoms with Gasteiger partial charge in [0.05, 0.1) is 41.3 Å². The van der Waals surface area contributed by atoms with Crippen LogP contribution in [0, 0.1) is 38.7 Å². The van der Waals surface area contributed by atoms with Crippen LogP contribution in [0.25, 0.3) is 11.1 Å². The number of rotatable bonds is 6. The zero-order valence-corrected chi connectivity index (χ0v) is 11.7. The molecule has 0 N–H and O–H groups in total. The summed E-state index contributed by atoms with van der Waals surface area (Å²) in [7, 11) is 0. The summed E-state index contributed by atoms with van der Waals surface area (Å²) in [6, 6.07) is 10.6. The third kappa shape index (κ3) is 3.47. The SMILES string of the molecule is N#CCC[C@@H](C#N)Cn1cc(-c2ccccc2[N+](=O)[O-])cn1. The predicted molar refractivity (Wildman–Crippen MR) is 78.3 cm³/mol. The molecule has 1 heterocycles. The van der Waals surface area contributed by atoms with Gasteiger partial charge in [0.1, 0.15) is 0 Å². The highest BCUT2D eigenvalue weighted by Crippen LogP contribution is 2.29. The largest absolute Gasteiger partial charge is 0.277 e. The molecule has 0 unspecified atom stereocenters. The first-order valence-corrected chi connectivity index (χ1v) is 6.68. The van der Waals surface area contributed by atoms with E-state index in [-0.39, 0.29) is 11.6 Å². The first-order chi connectivity index (χ1) is 10.7. The molecule has 2 rings (SSSR count). The molecule has 7 nitrogen and oxygen atoms in total. The fourth-order valence-electron chi connectivity index (χ4n) is 2.14. The summed E-state index contributed by atoms with van der Waals surface area (Å²) in [6.45, 7) is 0.360. The van der Waals surface area contributed by atoms with Gasteiger partial charge in [-0.15, -0.1) is 0 Å². The third-order valence-corrected chi connectivity index (χ3v) is 3.24. The topological polar surface area (TPSA) is 109 Å². The minimum absolute atomic E-state index is 0.0170. The molecule has 0 aliphatic heterocycles. The van der Waals surface area contributed by atoms with Gasteiger partial charge >= 0.3 is 0 Å². The molecule has 22 heavy (non-hydrogen) atoms. The number of aromatic nitrogens is 2. The molecule has 2 aromatic rings. The monoisotopic (exact) mass is 295 g/mol. The van der Waals surface area contributed by atoms with Crippen molar-refractivity contribution in [3.8, 4) is 23.3 Å². The fraction of sp³-hybridized carbons (Fsp3) is 0.267. The van der Waals surface area contributed by atoms with Gasteiger partial charge in [0.25, 0.3) is 5.69 Å². The van der Waals surface area contributed by atoms with E-state index in [0.29, 0.717) is 30.5 Å². The highest BCUT2D eigenvalue weighted by Gasteiger charge is 2.16. The van der Waals surface area contributed by atoms with E-state index in [1.807, 2.05) is 6.07 Å². The number of benzene rings is 1. The molecular weight excluding hydrogens is 282 g/mol. The van der Waals surface area contributed by atoms with Crippen molar-refractivity contribution in [2.24, 2.45) is 5.92 Å². The van der Waals surface area contributed by atoms with Crippen LogP contribution in [0.15, 0.2) is 36.7 Å². The Balaban J connectivity index is 2.21. The van der Waals surface area contributed by atoms with Crippen molar-refractivity contribution in [3.05, 3.63) is 46.8 Å². The molecule has 0 aliphatic rings. The number of hydrogen-bond acceptors (Lipinski definition) is 5. The fourth-order valence-corrected chi connectivity index (χ4v) is 2.14. The number of nitro groups is 1. The van der Waals surface area contributed by atoms with Crippen LogP contribution in [-0.4, -0.2) is 14.7 Å². The molecule has 0 bridgehead atoms. The van der Waals surface area contributed by atoms with Crippen molar-refractivity contribution >= 4 is 5.69 Å².